The van der Waals surface area contributed by atoms with Crippen molar-refractivity contribution in [3.05, 3.63) is 81.9 Å². The van der Waals surface area contributed by atoms with E-state index in [-0.39, 0.29) is 30.4 Å². The number of carboxylic acids is 1. The van der Waals surface area contributed by atoms with E-state index in [0.29, 0.717) is 73.3 Å². The molecule has 1 saturated heterocycles. The summed E-state index contributed by atoms with van der Waals surface area (Å²) in [5.74, 6) is -2.41. The number of fused-ring (bicyclic) bond motifs is 2. The molecule has 4 N–H and O–H groups in total. The summed E-state index contributed by atoms with van der Waals surface area (Å²) in [5, 5.41) is 17.6. The number of methoxy groups -OCH3 is 2. The van der Waals surface area contributed by atoms with Crippen LogP contribution in [0.5, 0.6) is 11.5 Å². The number of anilines is 1. The third kappa shape index (κ3) is 10.7. The van der Waals surface area contributed by atoms with Gasteiger partial charge >= 0.3 is 5.97 Å². The van der Waals surface area contributed by atoms with Gasteiger partial charge in [-0.1, -0.05) is 12.1 Å². The van der Waals surface area contributed by atoms with E-state index in [0.717, 1.165) is 22.1 Å². The molecule has 2 unspecified atom stereocenters. The van der Waals surface area contributed by atoms with Crippen molar-refractivity contribution in [2.24, 2.45) is 13.0 Å². The molecule has 18 nitrogen and oxygen atoms in total. The van der Waals surface area contributed by atoms with Crippen LogP contribution in [0, 0.1) is 5.92 Å². The molecule has 0 aliphatic carbocycles. The van der Waals surface area contributed by atoms with Gasteiger partial charge in [0.2, 0.25) is 11.8 Å². The highest BCUT2D eigenvalue weighted by Gasteiger charge is 2.38. The monoisotopic (exact) mass is 815 g/mol. The Labute approximate surface area is 340 Å². The van der Waals surface area contributed by atoms with Gasteiger partial charge in [0.05, 0.1) is 68.8 Å². The average Bonchev–Trinajstić information content (AvgIpc) is 3.51. The number of piperidine rings is 1. The number of carbonyl (C=O) groups excluding carboxylic acids is 4. The van der Waals surface area contributed by atoms with Gasteiger partial charge in [-0.15, -0.1) is 0 Å². The lowest BCUT2D eigenvalue weighted by Crippen LogP contribution is -2.56. The second-order valence-electron chi connectivity index (χ2n) is 14.1. The van der Waals surface area contributed by atoms with Crippen molar-refractivity contribution in [3.8, 4) is 22.6 Å². The van der Waals surface area contributed by atoms with Crippen LogP contribution < -0.4 is 35.9 Å². The van der Waals surface area contributed by atoms with Crippen molar-refractivity contribution in [1.82, 2.24) is 30.4 Å². The Morgan fingerprint density at radius 2 is 1.49 bits per heavy atom. The third-order valence-corrected chi connectivity index (χ3v) is 9.71. The van der Waals surface area contributed by atoms with Crippen LogP contribution in [0.4, 0.5) is 5.82 Å². The summed E-state index contributed by atoms with van der Waals surface area (Å²) in [5.41, 5.74) is 3.38. The molecule has 18 heteroatoms. The Morgan fingerprint density at radius 1 is 0.864 bits per heavy atom. The summed E-state index contributed by atoms with van der Waals surface area (Å²) < 4.78 is 24.3. The number of benzene rings is 2. The van der Waals surface area contributed by atoms with E-state index in [9.17, 15) is 28.8 Å². The molecule has 0 bridgehead atoms. The van der Waals surface area contributed by atoms with Crippen LogP contribution in [0.15, 0.2) is 59.7 Å². The molecule has 4 heterocycles. The first-order chi connectivity index (χ1) is 28.2. The van der Waals surface area contributed by atoms with Gasteiger partial charge in [-0.25, -0.2) is 4.98 Å². The molecule has 6 rings (SSSR count). The van der Waals surface area contributed by atoms with Gasteiger partial charge in [0.15, 0.2) is 0 Å². The number of hydrogen-bond acceptors (Lipinski definition) is 14. The Balaban J connectivity index is 0.000000513. The van der Waals surface area contributed by atoms with Crippen molar-refractivity contribution < 1.29 is 48.0 Å². The molecule has 4 aromatic rings. The zero-order valence-corrected chi connectivity index (χ0v) is 33.8. The average molecular weight is 816 g/mol. The number of aliphatic carboxylic acids is 1. The van der Waals surface area contributed by atoms with Crippen molar-refractivity contribution >= 4 is 46.2 Å². The maximum absolute atomic E-state index is 13.1. The summed E-state index contributed by atoms with van der Waals surface area (Å²) in [7, 11) is 10.8. The summed E-state index contributed by atoms with van der Waals surface area (Å²) in [4.78, 5) is 78.3. The first-order valence-corrected chi connectivity index (χ1v) is 18.8. The van der Waals surface area contributed by atoms with Gasteiger partial charge in [-0.05, 0) is 56.4 Å². The Bertz CT molecular complexity index is 2220. The molecule has 0 spiro atoms. The fourth-order valence-corrected chi connectivity index (χ4v) is 6.59. The minimum absolute atomic E-state index is 0.103. The molecule has 2 aromatic heterocycles. The molecule has 2 aromatic carbocycles. The van der Waals surface area contributed by atoms with E-state index in [1.165, 1.54) is 0 Å². The number of ether oxygens (including phenoxy) is 4. The first-order valence-electron chi connectivity index (χ1n) is 18.8. The number of rotatable bonds is 17. The molecule has 2 aliphatic heterocycles. The SMILES string of the molecule is COc1cc(-c2cn(C)c(=O)c3cnc(N(C)CCOCCOCCNC4CC(C(=O)O)C(=O)NC4=O)cc23)cc(OC)c1CN(C)C.O=C1NC(=O)c2ccccc21. The van der Waals surface area contributed by atoms with Crippen LogP contribution in [0.25, 0.3) is 21.9 Å². The molecule has 2 aliphatic rings. The highest BCUT2D eigenvalue weighted by atomic mass is 16.5. The fourth-order valence-electron chi connectivity index (χ4n) is 6.59. The van der Waals surface area contributed by atoms with Crippen LogP contribution in [0.2, 0.25) is 0 Å². The predicted octanol–water partition coefficient (Wildman–Crippen LogP) is 1.42. The van der Waals surface area contributed by atoms with Gasteiger partial charge in [0.1, 0.15) is 23.2 Å². The zero-order chi connectivity index (χ0) is 42.8. The normalized spacial score (nSPS) is 16.0. The van der Waals surface area contributed by atoms with Gasteiger partial charge < -0.3 is 43.7 Å². The van der Waals surface area contributed by atoms with Crippen molar-refractivity contribution in [1.29, 1.82) is 0 Å². The number of likely N-dealkylation sites (N-methyl/N-ethyl adjacent to an activating group) is 1. The lowest BCUT2D eigenvalue weighted by Gasteiger charge is -2.26. The summed E-state index contributed by atoms with van der Waals surface area (Å²) in [6.45, 7) is 2.80. The fraction of sp³-hybridized carbons (Fsp3) is 0.390. The largest absolute Gasteiger partial charge is 0.496 e. The van der Waals surface area contributed by atoms with E-state index in [2.05, 4.69) is 20.9 Å². The molecule has 2 atom stereocenters. The topological polar surface area (TPSA) is 220 Å². The van der Waals surface area contributed by atoms with E-state index in [4.69, 9.17) is 24.1 Å². The third-order valence-electron chi connectivity index (χ3n) is 9.71. The quantitative estimate of drug-likeness (QED) is 0.0673. The summed E-state index contributed by atoms with van der Waals surface area (Å²) in [6.07, 6.45) is 3.31. The number of carboxylic acid groups (broad SMARTS) is 1. The Hall–Kier alpha value is -6.21. The maximum Gasteiger partial charge on any atom is 0.316 e. The second-order valence-corrected chi connectivity index (χ2v) is 14.1. The number of imide groups is 2. The van der Waals surface area contributed by atoms with Gasteiger partial charge in [-0.3, -0.25) is 39.4 Å². The highest BCUT2D eigenvalue weighted by molar-refractivity contribution is 6.21. The van der Waals surface area contributed by atoms with Crippen LogP contribution in [-0.4, -0.2) is 130 Å². The van der Waals surface area contributed by atoms with Crippen molar-refractivity contribution in [2.75, 3.05) is 79.8 Å². The standard InChI is InChI=1S/C33H44N6O9.C8H5NO2/c1-37(2)18-25-27(45-5)13-20(14-28(25)46-6)24-19-39(4)32(42)23-17-35-29(16-21(23)24)38(3)8-10-48-12-11-47-9-7-34-26-15-22(33(43)44)30(40)36-31(26)41;10-7-5-3-1-2-4-6(5)8(11)9-7/h13-14,16-17,19,22,26,34H,7-12,15,18H2,1-6H3,(H,43,44)(H,36,40,41);1-4H,(H,9,10,11). The number of nitrogens with one attached hydrogen (secondary N) is 3. The smallest absolute Gasteiger partial charge is 0.316 e. The number of aryl methyl sites for hydroxylation is 1. The van der Waals surface area contributed by atoms with Crippen molar-refractivity contribution in [3.63, 3.8) is 0 Å². The summed E-state index contributed by atoms with van der Waals surface area (Å²) in [6, 6.07) is 11.8. The Kier molecular flexibility index (Phi) is 14.9. The second kappa shape index (κ2) is 20.0. The first kappa shape index (κ1) is 43.9. The van der Waals surface area contributed by atoms with Gasteiger partial charge in [0, 0.05) is 57.1 Å². The zero-order valence-electron chi connectivity index (χ0n) is 33.8. The Morgan fingerprint density at radius 3 is 2.08 bits per heavy atom. The summed E-state index contributed by atoms with van der Waals surface area (Å²) >= 11 is 0. The lowest BCUT2D eigenvalue weighted by atomic mass is 9.94. The van der Waals surface area contributed by atoms with Crippen molar-refractivity contribution in [2.45, 2.75) is 19.0 Å². The number of amides is 4. The van der Waals surface area contributed by atoms with Crippen LogP contribution in [-0.2, 0) is 37.4 Å². The number of pyridine rings is 2. The molecule has 0 radical (unpaired) electrons. The van der Waals surface area contributed by atoms with E-state index in [1.54, 1.807) is 56.3 Å². The molecule has 1 fully saturated rings. The molecule has 4 amide bonds. The predicted molar refractivity (Wildman–Crippen MR) is 217 cm³/mol. The molecular weight excluding hydrogens is 766 g/mol. The van der Waals surface area contributed by atoms with Crippen LogP contribution >= 0.6 is 0 Å². The molecule has 314 valence electrons. The van der Waals surface area contributed by atoms with E-state index < -0.39 is 29.7 Å². The minimum atomic E-state index is -1.26. The van der Waals surface area contributed by atoms with Gasteiger partial charge in [0.25, 0.3) is 17.4 Å². The number of aromatic nitrogens is 2. The molecule has 59 heavy (non-hydrogen) atoms. The van der Waals surface area contributed by atoms with E-state index >= 15 is 0 Å². The highest BCUT2D eigenvalue weighted by Crippen LogP contribution is 2.38. The minimum Gasteiger partial charge on any atom is -0.496 e. The number of hydrogen-bond donors (Lipinski definition) is 4. The molecular formula is C41H49N7O11. The van der Waals surface area contributed by atoms with Crippen LogP contribution in [0.3, 0.4) is 0 Å². The lowest BCUT2D eigenvalue weighted by molar-refractivity contribution is -0.151. The van der Waals surface area contributed by atoms with E-state index in [1.807, 2.05) is 55.3 Å². The van der Waals surface area contributed by atoms with Crippen LogP contribution in [0.1, 0.15) is 32.7 Å². The maximum atomic E-state index is 13.1. The number of nitrogens with zero attached hydrogens (tertiary/aromatic N) is 4. The number of carbonyl (C=O) groups is 5. The van der Waals surface area contributed by atoms with Gasteiger partial charge in [-0.2, -0.15) is 0 Å². The molecule has 0 saturated carbocycles.